The van der Waals surface area contributed by atoms with E-state index >= 15 is 0 Å². The van der Waals surface area contributed by atoms with Gasteiger partial charge in [0.1, 0.15) is 0 Å². The zero-order valence-electron chi connectivity index (χ0n) is 18.1. The van der Waals surface area contributed by atoms with Crippen molar-refractivity contribution in [3.05, 3.63) is 74.7 Å². The van der Waals surface area contributed by atoms with Crippen LogP contribution in [0.2, 0.25) is 0 Å². The molecule has 0 radical (unpaired) electrons. The Morgan fingerprint density at radius 3 is 1.94 bits per heavy atom. The number of hydrogen-bond acceptors (Lipinski definition) is 6. The Kier molecular flexibility index (Phi) is 6.69. The highest BCUT2D eigenvalue weighted by atomic mass is 32.2. The number of hydrogen-bond donors (Lipinski definition) is 0. The fourth-order valence-corrected chi connectivity index (χ4v) is 3.76. The van der Waals surface area contributed by atoms with Gasteiger partial charge in [0.25, 0.3) is 5.69 Å². The van der Waals surface area contributed by atoms with Crippen molar-refractivity contribution in [2.75, 3.05) is 0 Å². The van der Waals surface area contributed by atoms with Crippen LogP contribution in [0.1, 0.15) is 36.8 Å². The number of carbonyl (C=O) groups is 1. The maximum atomic E-state index is 14.3. The molecule has 0 fully saturated rings. The molecule has 13 heteroatoms. The van der Waals surface area contributed by atoms with Crippen LogP contribution in [0.15, 0.2) is 34.1 Å². The van der Waals surface area contributed by atoms with Crippen molar-refractivity contribution in [3.8, 4) is 5.88 Å². The monoisotopic (exact) mass is 501 g/mol. The molecule has 1 aromatic heterocycles. The van der Waals surface area contributed by atoms with E-state index in [1.807, 2.05) is 0 Å². The molecular weight excluding hydrogens is 485 g/mol. The van der Waals surface area contributed by atoms with Crippen molar-refractivity contribution < 1.29 is 36.4 Å². The van der Waals surface area contributed by atoms with Crippen molar-refractivity contribution in [2.24, 2.45) is 0 Å². The molecule has 34 heavy (non-hydrogen) atoms. The number of aromatic nitrogens is 2. The van der Waals surface area contributed by atoms with Crippen LogP contribution >= 0.6 is 11.8 Å². The van der Waals surface area contributed by atoms with Crippen LogP contribution < -0.4 is 4.74 Å². The van der Waals surface area contributed by atoms with Gasteiger partial charge in [-0.3, -0.25) is 10.1 Å². The number of nitro groups is 1. The maximum absolute atomic E-state index is 14.3. The molecule has 0 saturated carbocycles. The highest BCUT2D eigenvalue weighted by Crippen LogP contribution is 2.43. The molecule has 0 spiro atoms. The van der Waals surface area contributed by atoms with Crippen LogP contribution in [-0.2, 0) is 5.54 Å². The summed E-state index contributed by atoms with van der Waals surface area (Å²) in [6.45, 7) is 6.43. The number of esters is 1. The lowest BCUT2D eigenvalue weighted by molar-refractivity contribution is -0.384. The summed E-state index contributed by atoms with van der Waals surface area (Å²) in [5.74, 6) is -11.9. The second-order valence-electron chi connectivity index (χ2n) is 8.00. The van der Waals surface area contributed by atoms with Gasteiger partial charge in [-0.05, 0) is 39.8 Å². The van der Waals surface area contributed by atoms with Gasteiger partial charge < -0.3 is 4.74 Å². The van der Waals surface area contributed by atoms with E-state index in [0.717, 1.165) is 24.3 Å². The quantitative estimate of drug-likeness (QED) is 0.108. The highest BCUT2D eigenvalue weighted by molar-refractivity contribution is 7.99. The lowest BCUT2D eigenvalue weighted by Gasteiger charge is -2.22. The Morgan fingerprint density at radius 2 is 1.47 bits per heavy atom. The first-order chi connectivity index (χ1) is 15.7. The molecule has 0 unspecified atom stereocenters. The number of carbonyl (C=O) groups excluding carboxylic acids is 1. The minimum atomic E-state index is -2.30. The molecular formula is C21H16F5N3O4S. The van der Waals surface area contributed by atoms with Crippen molar-refractivity contribution >= 4 is 23.4 Å². The van der Waals surface area contributed by atoms with Crippen molar-refractivity contribution in [1.82, 2.24) is 9.78 Å². The molecule has 0 atom stereocenters. The van der Waals surface area contributed by atoms with Gasteiger partial charge in [0, 0.05) is 12.1 Å². The van der Waals surface area contributed by atoms with Crippen molar-refractivity contribution in [2.45, 2.75) is 43.0 Å². The molecule has 0 saturated heterocycles. The van der Waals surface area contributed by atoms with Crippen LogP contribution in [0.4, 0.5) is 27.6 Å². The maximum Gasteiger partial charge on any atom is 0.344 e. The van der Waals surface area contributed by atoms with E-state index in [9.17, 15) is 36.9 Å². The van der Waals surface area contributed by atoms with E-state index in [-0.39, 0.29) is 39.5 Å². The van der Waals surface area contributed by atoms with E-state index in [0.29, 0.717) is 0 Å². The first-order valence-corrected chi connectivity index (χ1v) is 10.3. The number of nitrogens with zero attached hydrogens (tertiary/aromatic N) is 3. The number of ether oxygens (including phenoxy) is 1. The molecule has 2 aromatic carbocycles. The SMILES string of the molecule is Cc1nn(C(C)(C)C)c(OC(=O)c2ccc([N+](=O)[O-])cc2)c1Sc1c(F)c(F)c(F)c(F)c1F. The second-order valence-corrected chi connectivity index (χ2v) is 9.02. The smallest absolute Gasteiger partial charge is 0.344 e. The van der Waals surface area contributed by atoms with E-state index in [1.54, 1.807) is 20.8 Å². The Morgan fingerprint density at radius 1 is 0.971 bits per heavy atom. The van der Waals surface area contributed by atoms with Gasteiger partial charge in [-0.1, -0.05) is 11.8 Å². The van der Waals surface area contributed by atoms with E-state index in [4.69, 9.17) is 4.74 Å². The Balaban J connectivity index is 2.10. The zero-order chi connectivity index (χ0) is 25.5. The number of non-ortho nitro benzene ring substituents is 1. The molecule has 0 bridgehead atoms. The van der Waals surface area contributed by atoms with E-state index in [1.165, 1.54) is 11.6 Å². The molecule has 0 aliphatic rings. The number of nitro benzene ring substituents is 1. The van der Waals surface area contributed by atoms with E-state index in [2.05, 4.69) is 5.10 Å². The average molecular weight is 501 g/mol. The van der Waals surface area contributed by atoms with Crippen LogP contribution in [0, 0.1) is 46.1 Å². The summed E-state index contributed by atoms with van der Waals surface area (Å²) in [6.07, 6.45) is 0. The van der Waals surface area contributed by atoms with Crippen LogP contribution in [0.25, 0.3) is 0 Å². The first-order valence-electron chi connectivity index (χ1n) is 9.50. The molecule has 3 aromatic rings. The normalized spacial score (nSPS) is 11.6. The van der Waals surface area contributed by atoms with Gasteiger partial charge in [-0.15, -0.1) is 0 Å². The number of halogens is 5. The predicted molar refractivity (Wildman–Crippen MR) is 110 cm³/mol. The third-order valence-electron chi connectivity index (χ3n) is 4.48. The van der Waals surface area contributed by atoms with E-state index < -0.39 is 50.4 Å². The highest BCUT2D eigenvalue weighted by Gasteiger charge is 2.32. The molecule has 1 heterocycles. The molecule has 180 valence electrons. The Hall–Kier alpha value is -3.48. The summed E-state index contributed by atoms with van der Waals surface area (Å²) in [4.78, 5) is 21.5. The lowest BCUT2D eigenvalue weighted by atomic mass is 10.1. The third-order valence-corrected chi connectivity index (χ3v) is 5.71. The summed E-state index contributed by atoms with van der Waals surface area (Å²) >= 11 is 0.165. The minimum Gasteiger partial charge on any atom is -0.403 e. The fraction of sp³-hybridized carbons (Fsp3) is 0.238. The lowest BCUT2D eigenvalue weighted by Crippen LogP contribution is -2.25. The molecule has 3 rings (SSSR count). The zero-order valence-corrected chi connectivity index (χ0v) is 18.9. The topological polar surface area (TPSA) is 87.3 Å². The third kappa shape index (κ3) is 4.60. The number of benzene rings is 2. The van der Waals surface area contributed by atoms with Crippen LogP contribution in [-0.4, -0.2) is 20.7 Å². The summed E-state index contributed by atoms with van der Waals surface area (Å²) in [6, 6.07) is 4.44. The second kappa shape index (κ2) is 9.05. The van der Waals surface area contributed by atoms with Crippen molar-refractivity contribution in [3.63, 3.8) is 0 Å². The summed E-state index contributed by atoms with van der Waals surface area (Å²) in [5, 5.41) is 15.0. The van der Waals surface area contributed by atoms with Gasteiger partial charge in [0.15, 0.2) is 23.3 Å². The summed E-state index contributed by atoms with van der Waals surface area (Å²) in [5.41, 5.74) is -1.09. The molecule has 0 amide bonds. The summed E-state index contributed by atoms with van der Waals surface area (Å²) in [7, 11) is 0. The van der Waals surface area contributed by atoms with Gasteiger partial charge in [-0.2, -0.15) is 5.10 Å². The van der Waals surface area contributed by atoms with Gasteiger partial charge in [-0.25, -0.2) is 31.4 Å². The first kappa shape index (κ1) is 25.1. The van der Waals surface area contributed by atoms with Crippen molar-refractivity contribution in [1.29, 1.82) is 0 Å². The number of aryl methyl sites for hydroxylation is 1. The largest absolute Gasteiger partial charge is 0.403 e. The predicted octanol–water partition coefficient (Wildman–Crippen LogP) is 5.92. The fourth-order valence-electron chi connectivity index (χ4n) is 2.80. The van der Waals surface area contributed by atoms with Gasteiger partial charge in [0.05, 0.1) is 31.5 Å². The standard InChI is InChI=1S/C21H16F5N3O4S/c1-9-17(34-18-15(25)13(23)12(22)14(24)16(18)26)19(28(27-9)21(2,3)4)33-20(30)10-5-7-11(8-6-10)29(31)32/h5-8H,1-4H3. The van der Waals surface area contributed by atoms with Crippen LogP contribution in [0.3, 0.4) is 0 Å². The number of rotatable bonds is 5. The minimum absolute atomic E-state index is 0.0860. The summed E-state index contributed by atoms with van der Waals surface area (Å²) < 4.78 is 76.0. The average Bonchev–Trinajstić information content (AvgIpc) is 3.09. The van der Waals surface area contributed by atoms with Gasteiger partial charge in [0.2, 0.25) is 11.7 Å². The molecule has 0 aliphatic carbocycles. The molecule has 0 aliphatic heterocycles. The Labute approximate surface area is 193 Å². The molecule has 0 N–H and O–H groups in total. The van der Waals surface area contributed by atoms with Gasteiger partial charge >= 0.3 is 5.97 Å². The van der Waals surface area contributed by atoms with Crippen LogP contribution in [0.5, 0.6) is 5.88 Å². The Bertz CT molecular complexity index is 1270. The molecule has 7 nitrogen and oxygen atoms in total.